The van der Waals surface area contributed by atoms with Crippen LogP contribution in [-0.2, 0) is 14.6 Å². The summed E-state index contributed by atoms with van der Waals surface area (Å²) in [6, 6.07) is 13.0. The summed E-state index contributed by atoms with van der Waals surface area (Å²) >= 11 is 0. The van der Waals surface area contributed by atoms with E-state index in [0.29, 0.717) is 5.69 Å². The molecule has 2 aromatic rings. The number of ether oxygens (including phenoxy) is 1. The minimum absolute atomic E-state index is 0.192. The monoisotopic (exact) mass is 362 g/mol. The van der Waals surface area contributed by atoms with E-state index in [1.165, 1.54) is 55.6 Å². The van der Waals surface area contributed by atoms with Gasteiger partial charge < -0.3 is 10.1 Å². The maximum atomic E-state index is 12.4. The number of anilines is 1. The van der Waals surface area contributed by atoms with Gasteiger partial charge in [0.15, 0.2) is 0 Å². The highest BCUT2D eigenvalue weighted by molar-refractivity contribution is 7.95. The highest BCUT2D eigenvalue weighted by atomic mass is 32.2. The normalized spacial score (nSPS) is 11.6. The number of carbonyl (C=O) groups is 1. The van der Waals surface area contributed by atoms with Crippen LogP contribution in [-0.4, -0.2) is 26.4 Å². The van der Waals surface area contributed by atoms with Crippen LogP contribution in [0.5, 0.6) is 0 Å². The van der Waals surface area contributed by atoms with Gasteiger partial charge in [0, 0.05) is 5.69 Å². The molecular formula is C16H14N2O6S. The zero-order chi connectivity index (χ0) is 18.4. The first kappa shape index (κ1) is 18.1. The van der Waals surface area contributed by atoms with Crippen molar-refractivity contribution in [2.24, 2.45) is 0 Å². The van der Waals surface area contributed by atoms with Crippen molar-refractivity contribution in [2.75, 3.05) is 12.4 Å². The molecule has 8 nitrogen and oxygen atoms in total. The number of hydrogen-bond donors (Lipinski definition) is 1. The maximum absolute atomic E-state index is 12.4. The smallest absolute Gasteiger partial charge is 0.379 e. The SMILES string of the molecule is COC(=O)c1cccc(N/C=C(\[N+](=O)[O-])S(=O)(=O)c2ccccc2)c1. The van der Waals surface area contributed by atoms with Crippen LogP contribution < -0.4 is 5.32 Å². The molecule has 0 aliphatic heterocycles. The van der Waals surface area contributed by atoms with Crippen LogP contribution in [0, 0.1) is 10.1 Å². The predicted octanol–water partition coefficient (Wildman–Crippen LogP) is 2.43. The van der Waals surface area contributed by atoms with Gasteiger partial charge in [0.05, 0.1) is 28.7 Å². The predicted molar refractivity (Wildman–Crippen MR) is 90.1 cm³/mol. The summed E-state index contributed by atoms with van der Waals surface area (Å²) in [7, 11) is -3.07. The van der Waals surface area contributed by atoms with E-state index in [4.69, 9.17) is 0 Å². The number of hydrogen-bond acceptors (Lipinski definition) is 7. The topological polar surface area (TPSA) is 116 Å². The van der Waals surface area contributed by atoms with Gasteiger partial charge in [0.1, 0.15) is 0 Å². The van der Waals surface area contributed by atoms with Gasteiger partial charge in [-0.25, -0.2) is 13.2 Å². The second kappa shape index (κ2) is 7.58. The average molecular weight is 362 g/mol. The fraction of sp³-hybridized carbons (Fsp3) is 0.0625. The Morgan fingerprint density at radius 2 is 1.84 bits per heavy atom. The second-order valence-electron chi connectivity index (χ2n) is 4.77. The first-order valence-corrected chi connectivity index (χ1v) is 8.44. The number of nitrogens with one attached hydrogen (secondary N) is 1. The van der Waals surface area contributed by atoms with Gasteiger partial charge in [-0.05, 0) is 30.3 Å². The molecular weight excluding hydrogens is 348 g/mol. The van der Waals surface area contributed by atoms with Gasteiger partial charge in [0.25, 0.3) is 9.84 Å². The lowest BCUT2D eigenvalue weighted by Gasteiger charge is -2.05. The van der Waals surface area contributed by atoms with E-state index >= 15 is 0 Å². The van der Waals surface area contributed by atoms with E-state index in [2.05, 4.69) is 10.1 Å². The summed E-state index contributed by atoms with van der Waals surface area (Å²) in [4.78, 5) is 21.5. The van der Waals surface area contributed by atoms with Crippen LogP contribution >= 0.6 is 0 Å². The molecule has 2 aromatic carbocycles. The minimum atomic E-state index is -4.29. The minimum Gasteiger partial charge on any atom is -0.465 e. The summed E-state index contributed by atoms with van der Waals surface area (Å²) in [6.45, 7) is 0. The Bertz CT molecular complexity index is 923. The Kier molecular flexibility index (Phi) is 5.50. The number of esters is 1. The fourth-order valence-electron chi connectivity index (χ4n) is 1.95. The number of carbonyl (C=O) groups excluding carboxylic acids is 1. The van der Waals surface area contributed by atoms with Gasteiger partial charge in [-0.15, -0.1) is 0 Å². The molecule has 0 saturated heterocycles. The Morgan fingerprint density at radius 1 is 1.16 bits per heavy atom. The number of rotatable bonds is 6. The van der Waals surface area contributed by atoms with Gasteiger partial charge in [0.2, 0.25) is 0 Å². The van der Waals surface area contributed by atoms with Gasteiger partial charge in [-0.1, -0.05) is 24.3 Å². The van der Waals surface area contributed by atoms with E-state index in [1.54, 1.807) is 6.07 Å². The van der Waals surface area contributed by atoms with Crippen molar-refractivity contribution in [3.05, 3.63) is 81.5 Å². The molecule has 0 spiro atoms. The number of benzene rings is 2. The Balaban J connectivity index is 2.36. The van der Waals surface area contributed by atoms with E-state index < -0.39 is 25.8 Å². The highest BCUT2D eigenvalue weighted by Crippen LogP contribution is 2.20. The van der Waals surface area contributed by atoms with E-state index in [1.807, 2.05) is 0 Å². The van der Waals surface area contributed by atoms with Crippen LogP contribution in [0.2, 0.25) is 0 Å². The van der Waals surface area contributed by atoms with Crippen molar-refractivity contribution >= 4 is 21.5 Å². The van der Waals surface area contributed by atoms with Crippen LogP contribution in [0.4, 0.5) is 5.69 Å². The molecule has 0 amide bonds. The molecule has 0 bridgehead atoms. The molecule has 0 radical (unpaired) electrons. The number of nitrogens with zero attached hydrogens (tertiary/aromatic N) is 1. The van der Waals surface area contributed by atoms with Gasteiger partial charge in [-0.3, -0.25) is 10.1 Å². The third-order valence-corrected chi connectivity index (χ3v) is 4.87. The van der Waals surface area contributed by atoms with Crippen molar-refractivity contribution in [1.29, 1.82) is 0 Å². The molecule has 130 valence electrons. The largest absolute Gasteiger partial charge is 0.465 e. The van der Waals surface area contributed by atoms with Crippen molar-refractivity contribution < 1.29 is 22.9 Å². The van der Waals surface area contributed by atoms with Crippen molar-refractivity contribution in [2.45, 2.75) is 4.90 Å². The van der Waals surface area contributed by atoms with E-state index in [-0.39, 0.29) is 10.5 Å². The average Bonchev–Trinajstić information content (AvgIpc) is 2.61. The van der Waals surface area contributed by atoms with Crippen molar-refractivity contribution in [3.63, 3.8) is 0 Å². The first-order valence-electron chi connectivity index (χ1n) is 6.96. The molecule has 25 heavy (non-hydrogen) atoms. The lowest BCUT2D eigenvalue weighted by molar-refractivity contribution is -0.411. The molecule has 0 aromatic heterocycles. The Hall–Kier alpha value is -3.20. The number of nitro groups is 1. The van der Waals surface area contributed by atoms with Crippen LogP contribution in [0.25, 0.3) is 0 Å². The molecule has 0 aliphatic carbocycles. The van der Waals surface area contributed by atoms with Gasteiger partial charge >= 0.3 is 11.0 Å². The third-order valence-electron chi connectivity index (χ3n) is 3.15. The third kappa shape index (κ3) is 4.21. The fourth-order valence-corrected chi connectivity index (χ4v) is 3.11. The second-order valence-corrected chi connectivity index (χ2v) is 6.67. The number of sulfone groups is 1. The van der Waals surface area contributed by atoms with E-state index in [9.17, 15) is 23.3 Å². The van der Waals surface area contributed by atoms with Crippen molar-refractivity contribution in [3.8, 4) is 0 Å². The molecule has 0 fully saturated rings. The summed E-state index contributed by atoms with van der Waals surface area (Å²) in [6.07, 6.45) is 0.777. The zero-order valence-corrected chi connectivity index (χ0v) is 13.9. The van der Waals surface area contributed by atoms with Gasteiger partial charge in [-0.2, -0.15) is 0 Å². The molecule has 0 atom stereocenters. The lowest BCUT2D eigenvalue weighted by atomic mass is 10.2. The molecule has 1 N–H and O–H groups in total. The van der Waals surface area contributed by atoms with Crippen LogP contribution in [0.1, 0.15) is 10.4 Å². The highest BCUT2D eigenvalue weighted by Gasteiger charge is 2.31. The molecule has 2 rings (SSSR count). The molecule has 0 unspecified atom stereocenters. The zero-order valence-electron chi connectivity index (χ0n) is 13.1. The van der Waals surface area contributed by atoms with Crippen LogP contribution in [0.3, 0.4) is 0 Å². The molecule has 0 heterocycles. The number of methoxy groups -OCH3 is 1. The quantitative estimate of drug-likeness (QED) is 0.476. The molecule has 0 saturated carbocycles. The maximum Gasteiger partial charge on any atom is 0.379 e. The van der Waals surface area contributed by atoms with Crippen molar-refractivity contribution in [1.82, 2.24) is 0 Å². The molecule has 9 heteroatoms. The van der Waals surface area contributed by atoms with Crippen LogP contribution in [0.15, 0.2) is 70.7 Å². The summed E-state index contributed by atoms with van der Waals surface area (Å²) in [5, 5.41) is 12.7. The summed E-state index contributed by atoms with van der Waals surface area (Å²) in [5.41, 5.74) is 0.514. The molecule has 0 aliphatic rings. The summed E-state index contributed by atoms with van der Waals surface area (Å²) in [5.74, 6) is -0.584. The first-order chi connectivity index (χ1) is 11.9. The Morgan fingerprint density at radius 3 is 2.44 bits per heavy atom. The van der Waals surface area contributed by atoms with E-state index in [0.717, 1.165) is 6.20 Å². The Labute approximate surface area is 143 Å². The lowest BCUT2D eigenvalue weighted by Crippen LogP contribution is -2.14. The standard InChI is InChI=1S/C16H14N2O6S/c1-24-16(19)12-6-5-7-13(10-12)17-11-15(18(20)21)25(22,23)14-8-3-2-4-9-14/h2-11,17H,1H3/b15-11+. The summed E-state index contributed by atoms with van der Waals surface area (Å²) < 4.78 is 29.4.